The summed E-state index contributed by atoms with van der Waals surface area (Å²) in [5.41, 5.74) is 2.19. The van der Waals surface area contributed by atoms with E-state index in [1.807, 2.05) is 48.2 Å². The number of furan rings is 1. The molecular weight excluding hydrogens is 374 g/mol. The Bertz CT molecular complexity index is 967. The lowest BCUT2D eigenvalue weighted by Gasteiger charge is -2.34. The predicted molar refractivity (Wildman–Crippen MR) is 111 cm³/mol. The fourth-order valence-electron chi connectivity index (χ4n) is 3.18. The summed E-state index contributed by atoms with van der Waals surface area (Å²) in [6, 6.07) is 11.9. The summed E-state index contributed by atoms with van der Waals surface area (Å²) in [7, 11) is 0. The summed E-state index contributed by atoms with van der Waals surface area (Å²) in [6.07, 6.45) is 1.74. The number of aryl methyl sites for hydroxylation is 1. The number of amidine groups is 1. The van der Waals surface area contributed by atoms with E-state index in [0.29, 0.717) is 42.0 Å². The van der Waals surface area contributed by atoms with Gasteiger partial charge in [0.2, 0.25) is 5.91 Å². The number of hydrogen-bond acceptors (Lipinski definition) is 5. The fourth-order valence-corrected chi connectivity index (χ4v) is 4.12. The Hall–Kier alpha value is -2.80. The highest BCUT2D eigenvalue weighted by atomic mass is 32.2. The first-order valence-corrected chi connectivity index (χ1v) is 10.0. The number of carbonyl (C=O) groups excluding carboxylic acids is 2. The number of aliphatic imine (C=N–C) groups is 1. The minimum Gasteiger partial charge on any atom is -0.457 e. The van der Waals surface area contributed by atoms with E-state index in [-0.39, 0.29) is 11.8 Å². The van der Waals surface area contributed by atoms with Crippen LogP contribution in [0.15, 0.2) is 50.7 Å². The molecule has 1 fully saturated rings. The maximum Gasteiger partial charge on any atom is 0.286 e. The van der Waals surface area contributed by atoms with Gasteiger partial charge in [0.15, 0.2) is 5.17 Å². The predicted octanol–water partition coefficient (Wildman–Crippen LogP) is 3.39. The molecule has 0 saturated carbocycles. The highest BCUT2D eigenvalue weighted by molar-refractivity contribution is 8.18. The molecule has 4 rings (SSSR count). The van der Waals surface area contributed by atoms with Gasteiger partial charge in [0.05, 0.1) is 4.91 Å². The van der Waals surface area contributed by atoms with E-state index < -0.39 is 0 Å². The smallest absolute Gasteiger partial charge is 0.286 e. The molecule has 0 spiro atoms. The summed E-state index contributed by atoms with van der Waals surface area (Å²) in [6.45, 7) is 6.30. The van der Waals surface area contributed by atoms with Gasteiger partial charge in [-0.25, -0.2) is 0 Å². The van der Waals surface area contributed by atoms with Crippen molar-refractivity contribution in [3.63, 3.8) is 0 Å². The number of thioether (sulfide) groups is 1. The van der Waals surface area contributed by atoms with Crippen LogP contribution in [0.2, 0.25) is 0 Å². The van der Waals surface area contributed by atoms with Crippen molar-refractivity contribution in [2.75, 3.05) is 26.2 Å². The first-order valence-electron chi connectivity index (χ1n) is 9.19. The Labute approximate surface area is 167 Å². The summed E-state index contributed by atoms with van der Waals surface area (Å²) in [5.74, 6) is 1.23. The molecule has 2 aliphatic rings. The van der Waals surface area contributed by atoms with Crippen LogP contribution in [0.25, 0.3) is 17.4 Å². The molecule has 28 heavy (non-hydrogen) atoms. The first-order chi connectivity index (χ1) is 13.5. The quantitative estimate of drug-likeness (QED) is 0.730. The number of benzene rings is 1. The van der Waals surface area contributed by atoms with Gasteiger partial charge in [-0.1, -0.05) is 29.8 Å². The zero-order valence-corrected chi connectivity index (χ0v) is 16.7. The van der Waals surface area contributed by atoms with Crippen LogP contribution >= 0.6 is 11.8 Å². The molecule has 1 saturated heterocycles. The lowest BCUT2D eigenvalue weighted by atomic mass is 10.1. The molecule has 3 heterocycles. The van der Waals surface area contributed by atoms with E-state index >= 15 is 0 Å². The molecule has 6 nitrogen and oxygen atoms in total. The van der Waals surface area contributed by atoms with Crippen LogP contribution in [0.5, 0.6) is 0 Å². The maximum atomic E-state index is 12.3. The first kappa shape index (κ1) is 18.6. The van der Waals surface area contributed by atoms with Crippen molar-refractivity contribution in [1.29, 1.82) is 0 Å². The van der Waals surface area contributed by atoms with E-state index in [9.17, 15) is 9.59 Å². The van der Waals surface area contributed by atoms with Gasteiger partial charge in [-0.15, -0.1) is 0 Å². The standard InChI is InChI=1S/C21H21N3O3S/c1-14-3-5-16(6-4-14)18-8-7-17(27-18)13-19-20(26)22-21(28-19)24-11-9-23(10-12-24)15(2)25/h3-8,13H,9-12H2,1-2H3. The van der Waals surface area contributed by atoms with Gasteiger partial charge in [0.1, 0.15) is 11.5 Å². The Morgan fingerprint density at radius 1 is 1.11 bits per heavy atom. The van der Waals surface area contributed by atoms with Gasteiger partial charge >= 0.3 is 0 Å². The summed E-state index contributed by atoms with van der Waals surface area (Å²) in [5, 5.41) is 0.699. The van der Waals surface area contributed by atoms with Gasteiger partial charge in [-0.05, 0) is 30.8 Å². The Kier molecular flexibility index (Phi) is 5.09. The SMILES string of the molecule is CC(=O)N1CCN(C2=NC(=O)C(=Cc3ccc(-c4ccc(C)cc4)o3)S2)CC1. The normalized spacial score (nSPS) is 18.7. The lowest BCUT2D eigenvalue weighted by Crippen LogP contribution is -2.49. The van der Waals surface area contributed by atoms with Crippen molar-refractivity contribution in [2.45, 2.75) is 13.8 Å². The molecule has 1 aromatic heterocycles. The highest BCUT2D eigenvalue weighted by Crippen LogP contribution is 2.32. The molecule has 2 aromatic rings. The van der Waals surface area contributed by atoms with Crippen LogP contribution in [0.3, 0.4) is 0 Å². The van der Waals surface area contributed by atoms with E-state index in [4.69, 9.17) is 4.42 Å². The van der Waals surface area contributed by atoms with Crippen LogP contribution in [-0.2, 0) is 9.59 Å². The van der Waals surface area contributed by atoms with Crippen LogP contribution in [0.4, 0.5) is 0 Å². The van der Waals surface area contributed by atoms with Crippen molar-refractivity contribution in [2.24, 2.45) is 4.99 Å². The number of nitrogens with zero attached hydrogens (tertiary/aromatic N) is 3. The molecule has 144 valence electrons. The van der Waals surface area contributed by atoms with Crippen LogP contribution in [0, 0.1) is 6.92 Å². The average molecular weight is 395 g/mol. The second kappa shape index (κ2) is 7.67. The summed E-state index contributed by atoms with van der Waals surface area (Å²) >= 11 is 1.36. The van der Waals surface area contributed by atoms with Crippen LogP contribution in [-0.4, -0.2) is 53.0 Å². The Morgan fingerprint density at radius 2 is 1.82 bits per heavy atom. The van der Waals surface area contributed by atoms with Crippen molar-refractivity contribution >= 4 is 34.8 Å². The molecular formula is C21H21N3O3S. The molecule has 0 aliphatic carbocycles. The number of piperazine rings is 1. The molecule has 0 atom stereocenters. The summed E-state index contributed by atoms with van der Waals surface area (Å²) in [4.78, 5) is 32.4. The summed E-state index contributed by atoms with van der Waals surface area (Å²) < 4.78 is 5.89. The monoisotopic (exact) mass is 395 g/mol. The van der Waals surface area contributed by atoms with Crippen LogP contribution < -0.4 is 0 Å². The number of rotatable bonds is 2. The van der Waals surface area contributed by atoms with Gasteiger partial charge < -0.3 is 14.2 Å². The molecule has 2 amide bonds. The van der Waals surface area contributed by atoms with E-state index in [1.54, 1.807) is 13.0 Å². The second-order valence-corrected chi connectivity index (χ2v) is 7.88. The third-order valence-corrected chi connectivity index (χ3v) is 5.89. The lowest BCUT2D eigenvalue weighted by molar-refractivity contribution is -0.130. The average Bonchev–Trinajstić information content (AvgIpc) is 3.30. The zero-order valence-electron chi connectivity index (χ0n) is 15.8. The minimum absolute atomic E-state index is 0.0829. The molecule has 7 heteroatoms. The third kappa shape index (κ3) is 3.89. The molecule has 2 aliphatic heterocycles. The molecule has 0 N–H and O–H groups in total. The van der Waals surface area contributed by atoms with E-state index in [0.717, 1.165) is 11.3 Å². The number of amides is 2. The van der Waals surface area contributed by atoms with Gasteiger partial charge in [-0.2, -0.15) is 4.99 Å². The van der Waals surface area contributed by atoms with Crippen molar-refractivity contribution in [3.8, 4) is 11.3 Å². The van der Waals surface area contributed by atoms with Gasteiger partial charge in [0, 0.05) is 44.7 Å². The largest absolute Gasteiger partial charge is 0.457 e. The second-order valence-electron chi connectivity index (χ2n) is 6.87. The maximum absolute atomic E-state index is 12.3. The van der Waals surface area contributed by atoms with E-state index in [1.165, 1.54) is 17.3 Å². The Balaban J connectivity index is 1.44. The van der Waals surface area contributed by atoms with Crippen molar-refractivity contribution < 1.29 is 14.0 Å². The van der Waals surface area contributed by atoms with Crippen LogP contribution in [0.1, 0.15) is 18.2 Å². The highest BCUT2D eigenvalue weighted by Gasteiger charge is 2.29. The third-order valence-electron chi connectivity index (χ3n) is 4.84. The zero-order chi connectivity index (χ0) is 19.7. The van der Waals surface area contributed by atoms with Crippen molar-refractivity contribution in [3.05, 3.63) is 52.6 Å². The molecule has 0 bridgehead atoms. The van der Waals surface area contributed by atoms with Crippen molar-refractivity contribution in [1.82, 2.24) is 9.80 Å². The molecule has 0 radical (unpaired) electrons. The fraction of sp³-hybridized carbons (Fsp3) is 0.286. The molecule has 1 aromatic carbocycles. The Morgan fingerprint density at radius 3 is 2.50 bits per heavy atom. The molecule has 0 unspecified atom stereocenters. The van der Waals surface area contributed by atoms with Gasteiger partial charge in [-0.3, -0.25) is 9.59 Å². The number of hydrogen-bond donors (Lipinski definition) is 0. The number of carbonyl (C=O) groups is 2. The topological polar surface area (TPSA) is 66.1 Å². The van der Waals surface area contributed by atoms with E-state index in [2.05, 4.69) is 9.89 Å². The van der Waals surface area contributed by atoms with Gasteiger partial charge in [0.25, 0.3) is 5.91 Å². The minimum atomic E-state index is -0.248.